The third-order valence-electron chi connectivity index (χ3n) is 1.96. The summed E-state index contributed by atoms with van der Waals surface area (Å²) < 4.78 is 13.4. The molecular formula is C11H6BrFN4. The van der Waals surface area contributed by atoms with Gasteiger partial charge in [-0.3, -0.25) is 0 Å². The summed E-state index contributed by atoms with van der Waals surface area (Å²) in [5.41, 5.74) is 0.916. The van der Waals surface area contributed by atoms with Crippen molar-refractivity contribution in [3.05, 3.63) is 46.6 Å². The van der Waals surface area contributed by atoms with Crippen LogP contribution in [-0.4, -0.2) is 9.97 Å². The molecule has 4 nitrogen and oxygen atoms in total. The standard InChI is InChI=1S/C11H6BrFN4/c12-9-3-7(13)1-2-10(9)17-11-6-15-8(4-14)5-16-11/h1-3,5-6H,(H,16,17). The molecule has 0 fully saturated rings. The first kappa shape index (κ1) is 11.5. The molecule has 0 spiro atoms. The molecule has 0 unspecified atom stereocenters. The molecule has 0 saturated carbocycles. The molecule has 1 N–H and O–H groups in total. The molecule has 2 rings (SSSR count). The lowest BCUT2D eigenvalue weighted by molar-refractivity contribution is 0.627. The summed E-state index contributed by atoms with van der Waals surface area (Å²) in [5, 5.41) is 11.5. The van der Waals surface area contributed by atoms with Crippen LogP contribution in [0.15, 0.2) is 35.1 Å². The summed E-state index contributed by atoms with van der Waals surface area (Å²) in [6.07, 6.45) is 2.80. The predicted molar refractivity (Wildman–Crippen MR) is 64.1 cm³/mol. The van der Waals surface area contributed by atoms with Gasteiger partial charge in [0.15, 0.2) is 5.69 Å². The van der Waals surface area contributed by atoms with Crippen LogP contribution >= 0.6 is 15.9 Å². The van der Waals surface area contributed by atoms with Gasteiger partial charge >= 0.3 is 0 Å². The summed E-state index contributed by atoms with van der Waals surface area (Å²) in [5.74, 6) is 0.157. The average molecular weight is 293 g/mol. The number of hydrogen-bond donors (Lipinski definition) is 1. The minimum atomic E-state index is -0.326. The van der Waals surface area contributed by atoms with E-state index in [0.29, 0.717) is 16.0 Å². The van der Waals surface area contributed by atoms with E-state index in [-0.39, 0.29) is 11.5 Å². The van der Waals surface area contributed by atoms with Gasteiger partial charge in [0.1, 0.15) is 17.7 Å². The first-order chi connectivity index (χ1) is 8.19. The van der Waals surface area contributed by atoms with Gasteiger partial charge in [0.05, 0.1) is 18.1 Å². The number of rotatable bonds is 2. The summed E-state index contributed by atoms with van der Waals surface area (Å²) in [4.78, 5) is 7.86. The maximum absolute atomic E-state index is 12.9. The number of anilines is 2. The lowest BCUT2D eigenvalue weighted by atomic mass is 10.3. The second-order valence-corrected chi connectivity index (χ2v) is 4.00. The Balaban J connectivity index is 2.23. The van der Waals surface area contributed by atoms with E-state index in [2.05, 4.69) is 31.2 Å². The average Bonchev–Trinajstić information content (AvgIpc) is 2.34. The van der Waals surface area contributed by atoms with Gasteiger partial charge in [-0.05, 0) is 34.1 Å². The molecule has 0 aliphatic heterocycles. The zero-order valence-electron chi connectivity index (χ0n) is 8.48. The number of aromatic nitrogens is 2. The van der Waals surface area contributed by atoms with E-state index in [4.69, 9.17) is 5.26 Å². The van der Waals surface area contributed by atoms with Crippen LogP contribution in [0.25, 0.3) is 0 Å². The van der Waals surface area contributed by atoms with Gasteiger partial charge in [-0.2, -0.15) is 5.26 Å². The second-order valence-electron chi connectivity index (χ2n) is 3.15. The Morgan fingerprint density at radius 3 is 2.71 bits per heavy atom. The monoisotopic (exact) mass is 292 g/mol. The van der Waals surface area contributed by atoms with E-state index >= 15 is 0 Å². The molecule has 0 radical (unpaired) electrons. The van der Waals surface area contributed by atoms with Crippen LogP contribution in [0.2, 0.25) is 0 Å². The van der Waals surface area contributed by atoms with Crippen molar-refractivity contribution in [3.8, 4) is 6.07 Å². The summed E-state index contributed by atoms with van der Waals surface area (Å²) >= 11 is 3.23. The van der Waals surface area contributed by atoms with Crippen LogP contribution in [0.1, 0.15) is 5.69 Å². The second kappa shape index (κ2) is 4.89. The van der Waals surface area contributed by atoms with Crippen molar-refractivity contribution in [2.45, 2.75) is 0 Å². The SMILES string of the molecule is N#Cc1cnc(Nc2ccc(F)cc2Br)cn1. The number of nitriles is 1. The molecule has 1 heterocycles. The third kappa shape index (κ3) is 2.77. The first-order valence-corrected chi connectivity index (χ1v) is 5.42. The van der Waals surface area contributed by atoms with Gasteiger partial charge in [-0.15, -0.1) is 0 Å². The summed E-state index contributed by atoms with van der Waals surface area (Å²) in [7, 11) is 0. The van der Waals surface area contributed by atoms with Crippen molar-refractivity contribution >= 4 is 27.4 Å². The van der Waals surface area contributed by atoms with Gasteiger partial charge in [-0.25, -0.2) is 14.4 Å². The van der Waals surface area contributed by atoms with Gasteiger partial charge in [0, 0.05) is 4.47 Å². The molecule has 2 aromatic rings. The van der Waals surface area contributed by atoms with Gasteiger partial charge in [0.2, 0.25) is 0 Å². The molecule has 0 amide bonds. The van der Waals surface area contributed by atoms with Crippen LogP contribution in [0.4, 0.5) is 15.9 Å². The lowest BCUT2D eigenvalue weighted by Crippen LogP contribution is -1.96. The van der Waals surface area contributed by atoms with Gasteiger partial charge in [-0.1, -0.05) is 0 Å². The Bertz CT molecular complexity index is 577. The number of nitrogens with zero attached hydrogens (tertiary/aromatic N) is 3. The van der Waals surface area contributed by atoms with E-state index in [1.165, 1.54) is 24.5 Å². The molecule has 0 aliphatic rings. The topological polar surface area (TPSA) is 61.6 Å². The molecule has 0 atom stereocenters. The molecular weight excluding hydrogens is 287 g/mol. The van der Waals surface area contributed by atoms with Crippen LogP contribution in [0.3, 0.4) is 0 Å². The maximum atomic E-state index is 12.9. The zero-order chi connectivity index (χ0) is 12.3. The highest BCUT2D eigenvalue weighted by atomic mass is 79.9. The van der Waals surface area contributed by atoms with Crippen LogP contribution < -0.4 is 5.32 Å². The van der Waals surface area contributed by atoms with E-state index < -0.39 is 0 Å². The molecule has 0 aliphatic carbocycles. The smallest absolute Gasteiger partial charge is 0.158 e. The summed E-state index contributed by atoms with van der Waals surface area (Å²) in [6.45, 7) is 0. The first-order valence-electron chi connectivity index (χ1n) is 4.63. The fraction of sp³-hybridized carbons (Fsp3) is 0. The quantitative estimate of drug-likeness (QED) is 0.924. The van der Waals surface area contributed by atoms with E-state index in [0.717, 1.165) is 0 Å². The zero-order valence-corrected chi connectivity index (χ0v) is 10.1. The minimum absolute atomic E-state index is 0.244. The van der Waals surface area contributed by atoms with Gasteiger partial charge < -0.3 is 5.32 Å². The molecule has 84 valence electrons. The molecule has 6 heteroatoms. The molecule has 0 saturated heterocycles. The van der Waals surface area contributed by atoms with Crippen LogP contribution in [0, 0.1) is 17.1 Å². The van der Waals surface area contributed by atoms with E-state index in [1.54, 1.807) is 6.07 Å². The van der Waals surface area contributed by atoms with Crippen LogP contribution in [0.5, 0.6) is 0 Å². The van der Waals surface area contributed by atoms with Crippen LogP contribution in [-0.2, 0) is 0 Å². The molecule has 17 heavy (non-hydrogen) atoms. The number of hydrogen-bond acceptors (Lipinski definition) is 4. The molecule has 1 aromatic heterocycles. The van der Waals surface area contributed by atoms with Crippen molar-refractivity contribution in [2.24, 2.45) is 0 Å². The highest BCUT2D eigenvalue weighted by molar-refractivity contribution is 9.10. The Hall–Kier alpha value is -2.00. The highest BCUT2D eigenvalue weighted by Gasteiger charge is 2.03. The number of halogens is 2. The third-order valence-corrected chi connectivity index (χ3v) is 2.62. The Kier molecular flexibility index (Phi) is 3.30. The highest BCUT2D eigenvalue weighted by Crippen LogP contribution is 2.25. The molecule has 1 aromatic carbocycles. The van der Waals surface area contributed by atoms with Gasteiger partial charge in [0.25, 0.3) is 0 Å². The number of nitrogens with one attached hydrogen (secondary N) is 1. The van der Waals surface area contributed by atoms with E-state index in [1.807, 2.05) is 6.07 Å². The summed E-state index contributed by atoms with van der Waals surface area (Å²) in [6, 6.07) is 6.14. The minimum Gasteiger partial charge on any atom is -0.338 e. The Morgan fingerprint density at radius 2 is 2.12 bits per heavy atom. The largest absolute Gasteiger partial charge is 0.338 e. The van der Waals surface area contributed by atoms with Crippen molar-refractivity contribution in [1.82, 2.24) is 9.97 Å². The predicted octanol–water partition coefficient (Wildman–Crippen LogP) is 2.99. The van der Waals surface area contributed by atoms with Crippen molar-refractivity contribution < 1.29 is 4.39 Å². The Morgan fingerprint density at radius 1 is 1.29 bits per heavy atom. The molecule has 0 bridgehead atoms. The van der Waals surface area contributed by atoms with Crippen molar-refractivity contribution in [1.29, 1.82) is 5.26 Å². The Labute approximate surface area is 105 Å². The lowest BCUT2D eigenvalue weighted by Gasteiger charge is -2.06. The van der Waals surface area contributed by atoms with E-state index in [9.17, 15) is 4.39 Å². The van der Waals surface area contributed by atoms with Crippen molar-refractivity contribution in [2.75, 3.05) is 5.32 Å². The number of benzene rings is 1. The van der Waals surface area contributed by atoms with Crippen molar-refractivity contribution in [3.63, 3.8) is 0 Å². The fourth-order valence-electron chi connectivity index (χ4n) is 1.18. The fourth-order valence-corrected chi connectivity index (χ4v) is 1.63. The normalized spacial score (nSPS) is 9.71. The maximum Gasteiger partial charge on any atom is 0.158 e.